The maximum Gasteiger partial charge on any atom is 0.362 e. The van der Waals surface area contributed by atoms with Gasteiger partial charge >= 0.3 is 5.97 Å². The molecule has 0 fully saturated rings. The highest BCUT2D eigenvalue weighted by atomic mass is 35.5. The van der Waals surface area contributed by atoms with Crippen LogP contribution in [0.3, 0.4) is 0 Å². The molecule has 4 nitrogen and oxygen atoms in total. The highest BCUT2D eigenvalue weighted by Crippen LogP contribution is 2.27. The summed E-state index contributed by atoms with van der Waals surface area (Å²) in [5.41, 5.74) is 1.86. The van der Waals surface area contributed by atoms with Crippen LogP contribution in [0.5, 0.6) is 5.75 Å². The molecule has 0 aliphatic rings. The summed E-state index contributed by atoms with van der Waals surface area (Å²) < 4.78 is 7.09. The molecule has 0 saturated heterocycles. The van der Waals surface area contributed by atoms with Gasteiger partial charge in [0.2, 0.25) is 0 Å². The van der Waals surface area contributed by atoms with Gasteiger partial charge < -0.3 is 4.74 Å². The molecular formula is C20H13ClN2O2S. The smallest absolute Gasteiger partial charge is 0.362 e. The largest absolute Gasteiger partial charge is 0.422 e. The number of carbonyl (C=O) groups is 1. The van der Waals surface area contributed by atoms with Gasteiger partial charge in [0.05, 0.1) is 10.6 Å². The third-order valence-corrected chi connectivity index (χ3v) is 4.83. The third-order valence-electron chi connectivity index (χ3n) is 3.70. The summed E-state index contributed by atoms with van der Waals surface area (Å²) in [6, 6.07) is 21.9. The quantitative estimate of drug-likeness (QED) is 0.348. The first-order valence-corrected chi connectivity index (χ1v) is 9.13. The molecule has 0 unspecified atom stereocenters. The number of benzene rings is 2. The van der Waals surface area contributed by atoms with Crippen molar-refractivity contribution in [2.24, 2.45) is 0 Å². The molecular weight excluding hydrogens is 368 g/mol. The van der Waals surface area contributed by atoms with Gasteiger partial charge in [0, 0.05) is 11.1 Å². The monoisotopic (exact) mass is 380 g/mol. The first kappa shape index (κ1) is 16.6. The van der Waals surface area contributed by atoms with Gasteiger partial charge in [0.15, 0.2) is 5.69 Å². The number of ether oxygens (including phenoxy) is 1. The molecule has 0 N–H and O–H groups in total. The van der Waals surface area contributed by atoms with Crippen LogP contribution in [0.1, 0.15) is 10.5 Å². The van der Waals surface area contributed by atoms with E-state index in [1.807, 2.05) is 47.8 Å². The molecule has 0 saturated carbocycles. The number of nitrogens with zero attached hydrogens (tertiary/aromatic N) is 2. The number of aromatic nitrogens is 2. The van der Waals surface area contributed by atoms with Gasteiger partial charge in [-0.1, -0.05) is 41.9 Å². The molecule has 0 atom stereocenters. The van der Waals surface area contributed by atoms with E-state index in [2.05, 4.69) is 5.10 Å². The van der Waals surface area contributed by atoms with Crippen molar-refractivity contribution in [2.45, 2.75) is 0 Å². The van der Waals surface area contributed by atoms with E-state index in [1.165, 1.54) is 0 Å². The lowest BCUT2D eigenvalue weighted by Crippen LogP contribution is -2.14. The van der Waals surface area contributed by atoms with Crippen LogP contribution < -0.4 is 4.74 Å². The molecule has 2 aromatic heterocycles. The van der Waals surface area contributed by atoms with E-state index in [0.717, 1.165) is 16.3 Å². The zero-order valence-electron chi connectivity index (χ0n) is 13.5. The number of esters is 1. The second-order valence-corrected chi connectivity index (χ2v) is 6.87. The second-order valence-electron chi connectivity index (χ2n) is 5.49. The van der Waals surface area contributed by atoms with Crippen LogP contribution in [0.15, 0.2) is 78.2 Å². The molecule has 0 spiro atoms. The van der Waals surface area contributed by atoms with E-state index in [0.29, 0.717) is 16.5 Å². The predicted octanol–water partition coefficient (Wildman–Crippen LogP) is 5.47. The SMILES string of the molecule is O=C(Oc1cccc(Cl)c1)c1cc(-c2cccs2)nn1-c1ccccc1. The minimum Gasteiger partial charge on any atom is -0.422 e. The average molecular weight is 381 g/mol. The number of carbonyl (C=O) groups excluding carboxylic acids is 1. The average Bonchev–Trinajstić information content (AvgIpc) is 3.32. The highest BCUT2D eigenvalue weighted by molar-refractivity contribution is 7.13. The Kier molecular flexibility index (Phi) is 4.56. The van der Waals surface area contributed by atoms with E-state index >= 15 is 0 Å². The molecule has 0 radical (unpaired) electrons. The summed E-state index contributed by atoms with van der Waals surface area (Å²) in [6.45, 7) is 0. The van der Waals surface area contributed by atoms with Crippen molar-refractivity contribution in [1.82, 2.24) is 9.78 Å². The Morgan fingerprint density at radius 3 is 2.58 bits per heavy atom. The minimum absolute atomic E-state index is 0.347. The van der Waals surface area contributed by atoms with Gasteiger partial charge in [-0.05, 0) is 41.8 Å². The Balaban J connectivity index is 1.75. The zero-order valence-corrected chi connectivity index (χ0v) is 15.1. The van der Waals surface area contributed by atoms with Crippen LogP contribution in [-0.2, 0) is 0 Å². The van der Waals surface area contributed by atoms with Crippen molar-refractivity contribution in [3.63, 3.8) is 0 Å². The number of hydrogen-bond donors (Lipinski definition) is 0. The Hall–Kier alpha value is -2.89. The standard InChI is InChI=1S/C20H13ClN2O2S/c21-14-6-4-9-16(12-14)25-20(24)18-13-17(19-10-5-11-26-19)22-23(18)15-7-2-1-3-8-15/h1-13H. The Bertz CT molecular complexity index is 1040. The fraction of sp³-hybridized carbons (Fsp3) is 0. The Morgan fingerprint density at radius 2 is 1.85 bits per heavy atom. The molecule has 0 amide bonds. The van der Waals surface area contributed by atoms with Crippen molar-refractivity contribution in [3.05, 3.63) is 88.9 Å². The molecule has 2 heterocycles. The molecule has 2 aromatic carbocycles. The van der Waals surface area contributed by atoms with Crippen molar-refractivity contribution >= 4 is 28.9 Å². The van der Waals surface area contributed by atoms with Gasteiger partial charge in [0.25, 0.3) is 0 Å². The fourth-order valence-electron chi connectivity index (χ4n) is 2.53. The lowest BCUT2D eigenvalue weighted by molar-refractivity contribution is 0.0725. The van der Waals surface area contributed by atoms with Gasteiger partial charge in [-0.15, -0.1) is 11.3 Å². The summed E-state index contributed by atoms with van der Waals surface area (Å²) in [4.78, 5) is 13.8. The lowest BCUT2D eigenvalue weighted by atomic mass is 10.3. The van der Waals surface area contributed by atoms with Crippen LogP contribution in [0.25, 0.3) is 16.3 Å². The summed E-state index contributed by atoms with van der Waals surface area (Å²) in [5, 5.41) is 7.08. The van der Waals surface area contributed by atoms with E-state index in [-0.39, 0.29) is 0 Å². The molecule has 6 heteroatoms. The van der Waals surface area contributed by atoms with Crippen LogP contribution >= 0.6 is 22.9 Å². The molecule has 0 aliphatic heterocycles. The van der Waals surface area contributed by atoms with Crippen LogP contribution in [0.2, 0.25) is 5.02 Å². The first-order valence-electron chi connectivity index (χ1n) is 7.88. The molecule has 4 aromatic rings. The Morgan fingerprint density at radius 1 is 1.00 bits per heavy atom. The van der Waals surface area contributed by atoms with Gasteiger partial charge in [-0.25, -0.2) is 9.48 Å². The van der Waals surface area contributed by atoms with Crippen molar-refractivity contribution in [1.29, 1.82) is 0 Å². The molecule has 0 aliphatic carbocycles. The van der Waals surface area contributed by atoms with Crippen LogP contribution in [0.4, 0.5) is 0 Å². The van der Waals surface area contributed by atoms with Gasteiger partial charge in [-0.2, -0.15) is 5.10 Å². The van der Waals surface area contributed by atoms with E-state index < -0.39 is 5.97 Å². The lowest BCUT2D eigenvalue weighted by Gasteiger charge is -2.07. The Labute approximate surface area is 159 Å². The normalized spacial score (nSPS) is 10.7. The van der Waals surface area contributed by atoms with E-state index in [4.69, 9.17) is 16.3 Å². The summed E-state index contributed by atoms with van der Waals surface area (Å²) >= 11 is 7.53. The summed E-state index contributed by atoms with van der Waals surface area (Å²) in [7, 11) is 0. The molecule has 26 heavy (non-hydrogen) atoms. The minimum atomic E-state index is -0.494. The van der Waals surface area contributed by atoms with E-state index in [9.17, 15) is 4.79 Å². The van der Waals surface area contributed by atoms with Crippen molar-refractivity contribution < 1.29 is 9.53 Å². The zero-order chi connectivity index (χ0) is 17.9. The maximum absolute atomic E-state index is 12.8. The van der Waals surface area contributed by atoms with Crippen LogP contribution in [-0.4, -0.2) is 15.7 Å². The first-order chi connectivity index (χ1) is 12.7. The number of halogens is 1. The number of hydrogen-bond acceptors (Lipinski definition) is 4. The van der Waals surface area contributed by atoms with Crippen molar-refractivity contribution in [3.8, 4) is 22.0 Å². The topological polar surface area (TPSA) is 44.1 Å². The van der Waals surface area contributed by atoms with Crippen molar-refractivity contribution in [2.75, 3.05) is 0 Å². The second kappa shape index (κ2) is 7.15. The van der Waals surface area contributed by atoms with E-state index in [1.54, 1.807) is 46.4 Å². The number of thiophene rings is 1. The number of rotatable bonds is 4. The van der Waals surface area contributed by atoms with Crippen LogP contribution in [0, 0.1) is 0 Å². The fourth-order valence-corrected chi connectivity index (χ4v) is 3.39. The summed E-state index contributed by atoms with van der Waals surface area (Å²) in [5.74, 6) is -0.104. The van der Waals surface area contributed by atoms with Gasteiger partial charge in [-0.3, -0.25) is 0 Å². The maximum atomic E-state index is 12.8. The highest BCUT2D eigenvalue weighted by Gasteiger charge is 2.20. The van der Waals surface area contributed by atoms with Gasteiger partial charge in [0.1, 0.15) is 11.4 Å². The third kappa shape index (κ3) is 3.40. The molecule has 4 rings (SSSR count). The predicted molar refractivity (Wildman–Crippen MR) is 103 cm³/mol. The summed E-state index contributed by atoms with van der Waals surface area (Å²) in [6.07, 6.45) is 0. The molecule has 0 bridgehead atoms. The number of para-hydroxylation sites is 1. The molecule has 128 valence electrons.